The molecule has 0 aromatic carbocycles. The van der Waals surface area contributed by atoms with E-state index in [1.54, 1.807) is 6.92 Å². The summed E-state index contributed by atoms with van der Waals surface area (Å²) in [7, 11) is 2.95. The summed E-state index contributed by atoms with van der Waals surface area (Å²) in [6.07, 6.45) is 0. The first-order valence-corrected chi connectivity index (χ1v) is 5.95. The number of carboxylic acid groups (broad SMARTS) is 1. The van der Waals surface area contributed by atoms with Gasteiger partial charge >= 0.3 is 5.97 Å². The molecule has 0 radical (unpaired) electrons. The predicted octanol–water partition coefficient (Wildman–Crippen LogP) is -0.554. The van der Waals surface area contributed by atoms with E-state index in [9.17, 15) is 9.59 Å². The Morgan fingerprint density at radius 1 is 1.40 bits per heavy atom. The van der Waals surface area contributed by atoms with Crippen LogP contribution in [-0.4, -0.2) is 59.3 Å². The van der Waals surface area contributed by atoms with Gasteiger partial charge in [0.1, 0.15) is 11.7 Å². The number of nitrogens with zero attached hydrogens (tertiary/aromatic N) is 3. The van der Waals surface area contributed by atoms with Crippen molar-refractivity contribution in [2.75, 3.05) is 27.4 Å². The van der Waals surface area contributed by atoms with Crippen molar-refractivity contribution in [3.63, 3.8) is 0 Å². The van der Waals surface area contributed by atoms with Gasteiger partial charge in [0.25, 0.3) is 0 Å². The third-order valence-corrected chi connectivity index (χ3v) is 2.63. The third-order valence-electron chi connectivity index (χ3n) is 2.63. The summed E-state index contributed by atoms with van der Waals surface area (Å²) in [6, 6.07) is -0.697. The number of rotatable bonds is 8. The lowest BCUT2D eigenvalue weighted by molar-refractivity contribution is -0.124. The van der Waals surface area contributed by atoms with Crippen molar-refractivity contribution >= 4 is 11.9 Å². The molecule has 9 heteroatoms. The molecule has 1 amide bonds. The zero-order chi connectivity index (χ0) is 15.1. The van der Waals surface area contributed by atoms with E-state index in [2.05, 4.69) is 15.6 Å². The molecule has 20 heavy (non-hydrogen) atoms. The summed E-state index contributed by atoms with van der Waals surface area (Å²) in [5.74, 6) is -1.52. The highest BCUT2D eigenvalue weighted by molar-refractivity contribution is 5.87. The zero-order valence-electron chi connectivity index (χ0n) is 11.6. The van der Waals surface area contributed by atoms with Crippen molar-refractivity contribution in [2.45, 2.75) is 19.6 Å². The molecule has 0 aliphatic carbocycles. The summed E-state index contributed by atoms with van der Waals surface area (Å²) in [4.78, 5) is 22.9. The maximum absolute atomic E-state index is 11.9. The number of aromatic carboxylic acids is 1. The van der Waals surface area contributed by atoms with Gasteiger partial charge in [-0.25, -0.2) is 9.48 Å². The third kappa shape index (κ3) is 3.75. The van der Waals surface area contributed by atoms with E-state index in [1.807, 2.05) is 0 Å². The molecule has 2 N–H and O–H groups in total. The molecular formula is C11H18N4O5. The van der Waals surface area contributed by atoms with Gasteiger partial charge in [-0.2, -0.15) is 0 Å². The molecule has 0 saturated heterocycles. The lowest BCUT2D eigenvalue weighted by Gasteiger charge is -2.14. The van der Waals surface area contributed by atoms with Gasteiger partial charge in [0.05, 0.1) is 13.2 Å². The van der Waals surface area contributed by atoms with Crippen LogP contribution in [0.3, 0.4) is 0 Å². The second kappa shape index (κ2) is 7.56. The zero-order valence-corrected chi connectivity index (χ0v) is 11.6. The molecule has 1 atom stereocenters. The quantitative estimate of drug-likeness (QED) is 0.616. The summed E-state index contributed by atoms with van der Waals surface area (Å²) >= 11 is 0. The largest absolute Gasteiger partial charge is 0.476 e. The SMILES string of the molecule is COCCNC(=O)C(C)n1nnc(C(=O)O)c1COC. The highest BCUT2D eigenvalue weighted by Gasteiger charge is 2.25. The summed E-state index contributed by atoms with van der Waals surface area (Å²) in [5, 5.41) is 18.9. The van der Waals surface area contributed by atoms with Crippen molar-refractivity contribution in [2.24, 2.45) is 0 Å². The van der Waals surface area contributed by atoms with Crippen molar-refractivity contribution in [3.05, 3.63) is 11.4 Å². The Labute approximate surface area is 115 Å². The smallest absolute Gasteiger partial charge is 0.358 e. The molecule has 1 rings (SSSR count). The predicted molar refractivity (Wildman–Crippen MR) is 67.3 cm³/mol. The Morgan fingerprint density at radius 2 is 2.10 bits per heavy atom. The molecule has 0 fully saturated rings. The van der Waals surface area contributed by atoms with E-state index in [4.69, 9.17) is 14.6 Å². The standard InChI is InChI=1S/C11H18N4O5/c1-7(10(16)12-4-5-19-2)15-8(6-20-3)9(11(17)18)13-14-15/h7H,4-6H2,1-3H3,(H,12,16)(H,17,18). The Hall–Kier alpha value is -2.00. The van der Waals surface area contributed by atoms with Crippen LogP contribution in [0.2, 0.25) is 0 Å². The second-order valence-electron chi connectivity index (χ2n) is 4.03. The number of hydrogen-bond donors (Lipinski definition) is 2. The molecule has 0 aliphatic heterocycles. The molecule has 0 spiro atoms. The van der Waals surface area contributed by atoms with E-state index in [1.165, 1.54) is 18.9 Å². The van der Waals surface area contributed by atoms with Gasteiger partial charge < -0.3 is 19.9 Å². The van der Waals surface area contributed by atoms with Crippen LogP contribution in [0.15, 0.2) is 0 Å². The number of methoxy groups -OCH3 is 2. The van der Waals surface area contributed by atoms with Crippen LogP contribution in [-0.2, 0) is 20.9 Å². The van der Waals surface area contributed by atoms with E-state index in [-0.39, 0.29) is 23.9 Å². The summed E-state index contributed by atoms with van der Waals surface area (Å²) < 4.78 is 11.0. The van der Waals surface area contributed by atoms with Crippen LogP contribution in [0.25, 0.3) is 0 Å². The monoisotopic (exact) mass is 286 g/mol. The first-order chi connectivity index (χ1) is 9.52. The maximum Gasteiger partial charge on any atom is 0.358 e. The molecule has 0 aliphatic rings. The normalized spacial score (nSPS) is 12.2. The fourth-order valence-corrected chi connectivity index (χ4v) is 1.60. The van der Waals surface area contributed by atoms with Crippen LogP contribution in [0, 0.1) is 0 Å². The van der Waals surface area contributed by atoms with Gasteiger partial charge in [0, 0.05) is 20.8 Å². The van der Waals surface area contributed by atoms with Gasteiger partial charge in [-0.3, -0.25) is 4.79 Å². The number of hydrogen-bond acceptors (Lipinski definition) is 6. The number of carbonyl (C=O) groups excluding carboxylic acids is 1. The van der Waals surface area contributed by atoms with Crippen LogP contribution in [0.5, 0.6) is 0 Å². The number of nitrogens with one attached hydrogen (secondary N) is 1. The van der Waals surface area contributed by atoms with Crippen LogP contribution < -0.4 is 5.32 Å². The molecule has 0 saturated carbocycles. The molecular weight excluding hydrogens is 268 g/mol. The fourth-order valence-electron chi connectivity index (χ4n) is 1.60. The van der Waals surface area contributed by atoms with Gasteiger partial charge in [0.2, 0.25) is 5.91 Å². The number of carboxylic acids is 1. The van der Waals surface area contributed by atoms with Crippen LogP contribution in [0.4, 0.5) is 0 Å². The average Bonchev–Trinajstić information content (AvgIpc) is 2.82. The number of carbonyl (C=O) groups is 2. The minimum absolute atomic E-state index is 0.00429. The number of ether oxygens (including phenoxy) is 2. The molecule has 9 nitrogen and oxygen atoms in total. The number of aromatic nitrogens is 3. The molecule has 112 valence electrons. The topological polar surface area (TPSA) is 116 Å². The van der Waals surface area contributed by atoms with E-state index in [0.717, 1.165) is 0 Å². The minimum Gasteiger partial charge on any atom is -0.476 e. The Kier molecular flexibility index (Phi) is 6.07. The van der Waals surface area contributed by atoms with Crippen LogP contribution in [0.1, 0.15) is 29.1 Å². The fraction of sp³-hybridized carbons (Fsp3) is 0.636. The lowest BCUT2D eigenvalue weighted by Crippen LogP contribution is -2.34. The average molecular weight is 286 g/mol. The molecule has 0 bridgehead atoms. The van der Waals surface area contributed by atoms with Gasteiger partial charge in [-0.1, -0.05) is 5.21 Å². The molecule has 1 unspecified atom stereocenters. The highest BCUT2D eigenvalue weighted by Crippen LogP contribution is 2.13. The van der Waals surface area contributed by atoms with Crippen molar-refractivity contribution in [1.29, 1.82) is 0 Å². The van der Waals surface area contributed by atoms with Crippen molar-refractivity contribution in [3.8, 4) is 0 Å². The summed E-state index contributed by atoms with van der Waals surface area (Å²) in [6.45, 7) is 2.35. The highest BCUT2D eigenvalue weighted by atomic mass is 16.5. The van der Waals surface area contributed by atoms with E-state index < -0.39 is 12.0 Å². The van der Waals surface area contributed by atoms with Crippen LogP contribution >= 0.6 is 0 Å². The Balaban J connectivity index is 2.88. The number of amides is 1. The van der Waals surface area contributed by atoms with Gasteiger partial charge in [-0.05, 0) is 6.92 Å². The van der Waals surface area contributed by atoms with Crippen molar-refractivity contribution < 1.29 is 24.2 Å². The molecule has 1 aromatic rings. The Morgan fingerprint density at radius 3 is 2.65 bits per heavy atom. The first kappa shape index (κ1) is 16.1. The minimum atomic E-state index is -1.21. The van der Waals surface area contributed by atoms with E-state index >= 15 is 0 Å². The summed E-state index contributed by atoms with van der Waals surface area (Å²) in [5.41, 5.74) is 0.0257. The van der Waals surface area contributed by atoms with Gasteiger partial charge in [0.15, 0.2) is 5.69 Å². The van der Waals surface area contributed by atoms with Crippen molar-refractivity contribution in [1.82, 2.24) is 20.3 Å². The van der Waals surface area contributed by atoms with Gasteiger partial charge in [-0.15, -0.1) is 5.10 Å². The molecule has 1 aromatic heterocycles. The maximum atomic E-state index is 11.9. The molecule has 1 heterocycles. The first-order valence-electron chi connectivity index (χ1n) is 5.95. The van der Waals surface area contributed by atoms with E-state index in [0.29, 0.717) is 13.2 Å². The lowest BCUT2D eigenvalue weighted by atomic mass is 10.2. The second-order valence-corrected chi connectivity index (χ2v) is 4.03. The Bertz CT molecular complexity index is 473.